The van der Waals surface area contributed by atoms with Crippen molar-refractivity contribution in [1.29, 1.82) is 0 Å². The summed E-state index contributed by atoms with van der Waals surface area (Å²) >= 11 is 0. The van der Waals surface area contributed by atoms with E-state index in [1.807, 2.05) is 67.7 Å². The number of para-hydroxylation sites is 1. The van der Waals surface area contributed by atoms with E-state index in [0.717, 1.165) is 61.1 Å². The van der Waals surface area contributed by atoms with Crippen LogP contribution in [0.1, 0.15) is 13.9 Å². The summed E-state index contributed by atoms with van der Waals surface area (Å²) in [5, 5.41) is 2.12. The Bertz CT molecular complexity index is 1570. The average molecular weight is 408 g/mol. The molecule has 0 saturated carbocycles. The van der Waals surface area contributed by atoms with Crippen LogP contribution in [0.3, 0.4) is 0 Å². The molecular formula is C28H25N2O+. The number of aromatic nitrogens is 1. The van der Waals surface area contributed by atoms with E-state index >= 15 is 0 Å². The second kappa shape index (κ2) is 6.71. The Hall–Kier alpha value is -3.59. The molecule has 1 aliphatic heterocycles. The minimum Gasteiger partial charge on any atom is -0.454 e. The number of hydrogen-bond donors (Lipinski definition) is 0. The zero-order chi connectivity index (χ0) is 22.9. The van der Waals surface area contributed by atoms with Gasteiger partial charge in [0.25, 0.3) is 0 Å². The highest BCUT2D eigenvalue weighted by Crippen LogP contribution is 2.43. The van der Waals surface area contributed by atoms with Crippen LogP contribution < -0.4 is 9.47 Å². The smallest absolute Gasteiger partial charge is 0.216 e. The summed E-state index contributed by atoms with van der Waals surface area (Å²) in [7, 11) is 4.00. The third-order valence-corrected chi connectivity index (χ3v) is 6.42. The number of anilines is 1. The van der Waals surface area contributed by atoms with E-state index in [1.165, 1.54) is 0 Å². The van der Waals surface area contributed by atoms with Crippen LogP contribution in [0.15, 0.2) is 77.3 Å². The predicted octanol–water partition coefficient (Wildman–Crippen LogP) is 6.05. The van der Waals surface area contributed by atoms with Crippen LogP contribution in [0.5, 0.6) is 0 Å². The third-order valence-electron chi connectivity index (χ3n) is 6.42. The second-order valence-electron chi connectivity index (χ2n) is 8.35. The number of hydrogen-bond acceptors (Lipinski definition) is 2. The van der Waals surface area contributed by atoms with Gasteiger partial charge in [-0.1, -0.05) is 42.5 Å². The summed E-state index contributed by atoms with van der Waals surface area (Å²) in [6.45, 7) is 2.47. The van der Waals surface area contributed by atoms with Crippen LogP contribution in [0.4, 0.5) is 5.69 Å². The van der Waals surface area contributed by atoms with E-state index in [4.69, 9.17) is 7.16 Å². The highest BCUT2D eigenvalue weighted by Gasteiger charge is 2.24. The molecule has 1 aliphatic rings. The third kappa shape index (κ3) is 2.63. The largest absolute Gasteiger partial charge is 0.454 e. The molecule has 0 fully saturated rings. The molecule has 6 rings (SSSR count). The first kappa shape index (κ1) is 16.1. The van der Waals surface area contributed by atoms with Gasteiger partial charge in [0.15, 0.2) is 6.20 Å². The van der Waals surface area contributed by atoms with Crippen molar-refractivity contribution in [3.05, 3.63) is 84.1 Å². The van der Waals surface area contributed by atoms with Gasteiger partial charge in [-0.2, -0.15) is 0 Å². The van der Waals surface area contributed by atoms with E-state index in [-0.39, 0.29) is 0 Å². The molecule has 152 valence electrons. The Kier molecular flexibility index (Phi) is 3.50. The van der Waals surface area contributed by atoms with Crippen molar-refractivity contribution < 1.29 is 11.7 Å². The molecule has 3 nitrogen and oxygen atoms in total. The molecule has 0 atom stereocenters. The Morgan fingerprint density at radius 2 is 1.71 bits per heavy atom. The monoisotopic (exact) mass is 407 g/mol. The van der Waals surface area contributed by atoms with Crippen molar-refractivity contribution in [3.63, 3.8) is 0 Å². The average Bonchev–Trinajstić information content (AvgIpc) is 3.28. The van der Waals surface area contributed by atoms with Crippen LogP contribution in [0, 0.1) is 6.92 Å². The molecule has 0 spiro atoms. The van der Waals surface area contributed by atoms with Gasteiger partial charge < -0.3 is 9.32 Å². The lowest BCUT2D eigenvalue weighted by molar-refractivity contribution is -0.660. The van der Waals surface area contributed by atoms with Crippen molar-refractivity contribution in [2.24, 2.45) is 7.05 Å². The first-order chi connectivity index (χ1) is 15.9. The molecule has 0 N–H and O–H groups in total. The molecule has 3 heterocycles. The molecule has 0 amide bonds. The molecule has 3 aromatic carbocycles. The van der Waals surface area contributed by atoms with E-state index in [2.05, 4.69) is 35.8 Å². The quantitative estimate of drug-likeness (QED) is 0.332. The van der Waals surface area contributed by atoms with Gasteiger partial charge in [-0.15, -0.1) is 0 Å². The highest BCUT2D eigenvalue weighted by atomic mass is 16.3. The first-order valence-electron chi connectivity index (χ1n) is 11.6. The second-order valence-corrected chi connectivity index (χ2v) is 8.35. The lowest BCUT2D eigenvalue weighted by Gasteiger charge is -2.13. The SMILES string of the molecule is [2H]C1([2H])CN(C)c2cccc(-c3cccc4c3oc3c(-c5cccc[n+]5C)c(C)ccc34)c21. The number of benzene rings is 3. The van der Waals surface area contributed by atoms with Crippen LogP contribution in [0.2, 0.25) is 0 Å². The molecule has 31 heavy (non-hydrogen) atoms. The van der Waals surface area contributed by atoms with Crippen molar-refractivity contribution in [1.82, 2.24) is 0 Å². The van der Waals surface area contributed by atoms with Crippen LogP contribution in [-0.4, -0.2) is 13.6 Å². The predicted molar refractivity (Wildman–Crippen MR) is 127 cm³/mol. The van der Waals surface area contributed by atoms with Crippen LogP contribution in [-0.2, 0) is 13.4 Å². The minimum absolute atomic E-state index is 0.350. The first-order valence-corrected chi connectivity index (χ1v) is 10.6. The molecular weight excluding hydrogens is 380 g/mol. The van der Waals surface area contributed by atoms with Gasteiger partial charge in [0, 0.05) is 50.5 Å². The van der Waals surface area contributed by atoms with Gasteiger partial charge in [-0.05, 0) is 42.1 Å². The van der Waals surface area contributed by atoms with Gasteiger partial charge in [0.05, 0.1) is 5.56 Å². The summed E-state index contributed by atoms with van der Waals surface area (Å²) in [5.41, 5.74) is 8.53. The fourth-order valence-electron chi connectivity index (χ4n) is 4.83. The number of fused-ring (bicyclic) bond motifs is 4. The molecule has 0 saturated heterocycles. The Morgan fingerprint density at radius 3 is 2.58 bits per heavy atom. The van der Waals surface area contributed by atoms with E-state index in [1.54, 1.807) is 0 Å². The Morgan fingerprint density at radius 1 is 0.903 bits per heavy atom. The summed E-state index contributed by atoms with van der Waals surface area (Å²) in [6, 6.07) is 22.7. The molecule has 0 radical (unpaired) electrons. The molecule has 0 unspecified atom stereocenters. The summed E-state index contributed by atoms with van der Waals surface area (Å²) in [5.74, 6) is 0. The van der Waals surface area contributed by atoms with E-state index in [0.29, 0.717) is 6.54 Å². The van der Waals surface area contributed by atoms with Crippen molar-refractivity contribution in [2.45, 2.75) is 13.3 Å². The number of pyridine rings is 1. The topological polar surface area (TPSA) is 20.3 Å². The molecule has 5 aromatic rings. The lowest BCUT2D eigenvalue weighted by Crippen LogP contribution is -2.30. The normalized spacial score (nSPS) is 15.9. The number of furan rings is 1. The molecule has 0 bridgehead atoms. The fourth-order valence-corrected chi connectivity index (χ4v) is 4.83. The Labute approximate surface area is 185 Å². The van der Waals surface area contributed by atoms with Gasteiger partial charge in [0.2, 0.25) is 5.69 Å². The fraction of sp³-hybridized carbons (Fsp3) is 0.179. The lowest BCUT2D eigenvalue weighted by atomic mass is 9.95. The van der Waals surface area contributed by atoms with Crippen LogP contribution in [0.25, 0.3) is 44.3 Å². The van der Waals surface area contributed by atoms with Gasteiger partial charge in [-0.3, -0.25) is 0 Å². The van der Waals surface area contributed by atoms with Crippen molar-refractivity contribution in [3.8, 4) is 22.4 Å². The maximum absolute atomic E-state index is 8.69. The maximum Gasteiger partial charge on any atom is 0.216 e. The van der Waals surface area contributed by atoms with Crippen molar-refractivity contribution >= 4 is 27.6 Å². The zero-order valence-electron chi connectivity index (χ0n) is 19.9. The van der Waals surface area contributed by atoms with Gasteiger partial charge >= 0.3 is 0 Å². The standard InChI is InChI=1S/C28H25N2O/c1-18-13-14-23-22-10-6-9-21(19-8-7-12-24-20(19)15-17-30(24)3)27(22)31-28(23)26(18)25-11-4-5-16-29(25)2/h4-14,16H,15,17H2,1-3H3/q+1/i15D2. The number of rotatable bonds is 2. The number of aryl methyl sites for hydroxylation is 2. The molecule has 0 aliphatic carbocycles. The zero-order valence-corrected chi connectivity index (χ0v) is 17.9. The Balaban J connectivity index is 1.69. The molecule has 3 heteroatoms. The van der Waals surface area contributed by atoms with Crippen molar-refractivity contribution in [2.75, 3.05) is 18.5 Å². The number of likely N-dealkylation sites (N-methyl/N-ethyl adjacent to an activating group) is 1. The maximum atomic E-state index is 8.69. The molecule has 2 aromatic heterocycles. The highest BCUT2D eigenvalue weighted by molar-refractivity contribution is 6.13. The van der Waals surface area contributed by atoms with Gasteiger partial charge in [-0.25, -0.2) is 4.57 Å². The minimum atomic E-state index is -1.42. The number of nitrogens with zero attached hydrogens (tertiary/aromatic N) is 2. The summed E-state index contributed by atoms with van der Waals surface area (Å²) in [4.78, 5) is 1.99. The van der Waals surface area contributed by atoms with E-state index in [9.17, 15) is 0 Å². The summed E-state index contributed by atoms with van der Waals surface area (Å²) < 4.78 is 26.2. The van der Waals surface area contributed by atoms with Crippen LogP contribution >= 0.6 is 0 Å². The van der Waals surface area contributed by atoms with Gasteiger partial charge in [0.1, 0.15) is 18.2 Å². The van der Waals surface area contributed by atoms with E-state index < -0.39 is 6.37 Å². The summed E-state index contributed by atoms with van der Waals surface area (Å²) in [6.07, 6.45) is 0.627.